The Balaban J connectivity index is 0.00000320. The summed E-state index contributed by atoms with van der Waals surface area (Å²) in [5, 5.41) is 4.37. The van der Waals surface area contributed by atoms with E-state index in [2.05, 4.69) is 14.8 Å². The van der Waals surface area contributed by atoms with E-state index in [1.165, 1.54) is 35.2 Å². The van der Waals surface area contributed by atoms with Crippen molar-refractivity contribution in [2.75, 3.05) is 29.5 Å². The average Bonchev–Trinajstić information content (AvgIpc) is 3.63. The molecule has 37 heavy (non-hydrogen) atoms. The number of amides is 1. The van der Waals surface area contributed by atoms with Crippen LogP contribution in [-0.4, -0.2) is 45.9 Å². The number of ketones is 1. The summed E-state index contributed by atoms with van der Waals surface area (Å²) in [6, 6.07) is 7.79. The summed E-state index contributed by atoms with van der Waals surface area (Å²) >= 11 is 0. The van der Waals surface area contributed by atoms with Gasteiger partial charge in [0.2, 0.25) is 15.9 Å². The van der Waals surface area contributed by atoms with Gasteiger partial charge in [-0.25, -0.2) is 12.8 Å². The average molecular weight is 556 g/mol. The fourth-order valence-corrected chi connectivity index (χ4v) is 6.47. The van der Waals surface area contributed by atoms with E-state index in [0.717, 1.165) is 38.7 Å². The quantitative estimate of drug-likeness (QED) is 0.304. The van der Waals surface area contributed by atoms with Crippen molar-refractivity contribution in [3.63, 3.8) is 0 Å². The third kappa shape index (κ3) is 5.55. The molecule has 1 amide bonds. The van der Waals surface area contributed by atoms with Crippen LogP contribution >= 0.6 is 7.52 Å². The van der Waals surface area contributed by atoms with Gasteiger partial charge in [0.1, 0.15) is 11.7 Å². The first-order valence-electron chi connectivity index (χ1n) is 11.2. The molecule has 3 aliphatic rings. The fourth-order valence-electron chi connectivity index (χ4n) is 4.38. The van der Waals surface area contributed by atoms with Gasteiger partial charge in [0.15, 0.2) is 5.78 Å². The zero-order valence-electron chi connectivity index (χ0n) is 20.5. The molecule has 0 bridgehead atoms. The van der Waals surface area contributed by atoms with E-state index in [-0.39, 0.29) is 57.6 Å². The van der Waals surface area contributed by atoms with Crippen LogP contribution in [-0.2, 0) is 23.9 Å². The van der Waals surface area contributed by atoms with Gasteiger partial charge >= 0.3 is 29.6 Å². The Morgan fingerprint density at radius 1 is 1.22 bits per heavy atom. The molecule has 5 rings (SSSR count). The molecule has 10 nitrogen and oxygen atoms in total. The van der Waals surface area contributed by atoms with Crippen molar-refractivity contribution >= 4 is 57.4 Å². The van der Waals surface area contributed by atoms with Gasteiger partial charge in [-0.05, 0) is 48.4 Å². The maximum absolute atomic E-state index is 14.1. The van der Waals surface area contributed by atoms with E-state index in [1.54, 1.807) is 0 Å². The van der Waals surface area contributed by atoms with Crippen LogP contribution in [0.1, 0.15) is 29.6 Å². The molecule has 2 heterocycles. The van der Waals surface area contributed by atoms with Crippen molar-refractivity contribution in [1.82, 2.24) is 0 Å². The molecule has 1 fully saturated rings. The molecule has 0 radical (unpaired) electrons. The second-order valence-corrected chi connectivity index (χ2v) is 12.9. The molecule has 2 aliphatic heterocycles. The molecular weight excluding hydrogens is 533 g/mol. The smallest absolute Gasteiger partial charge is 0.438 e. The van der Waals surface area contributed by atoms with Crippen LogP contribution in [0.4, 0.5) is 21.5 Å². The number of fused-ring (bicyclic) bond motifs is 2. The van der Waals surface area contributed by atoms with E-state index in [1.807, 2.05) is 0 Å². The summed E-state index contributed by atoms with van der Waals surface area (Å²) in [6.07, 6.45) is 3.86. The maximum Gasteiger partial charge on any atom is 1.00 e. The van der Waals surface area contributed by atoms with Gasteiger partial charge in [-0.15, -0.1) is 0 Å². The zero-order valence-corrected chi connectivity index (χ0v) is 24.2. The summed E-state index contributed by atoms with van der Waals surface area (Å²) in [5.41, 5.74) is 0.604. The number of Topliss-reactive ketones (excluding diaryl/α,β-unsaturated/α-hetero) is 1. The van der Waals surface area contributed by atoms with Crippen molar-refractivity contribution in [1.29, 1.82) is 0 Å². The van der Waals surface area contributed by atoms with E-state index >= 15 is 0 Å². The van der Waals surface area contributed by atoms with E-state index in [9.17, 15) is 27.0 Å². The molecule has 1 saturated carbocycles. The molecule has 2 atom stereocenters. The first kappa shape index (κ1) is 27.9. The number of sulfonamides is 1. The minimum absolute atomic E-state index is 0. The monoisotopic (exact) mass is 556 g/mol. The molecular formula is C23H23FN4NaO6PS. The standard InChI is InChI=1S/C23H23FN4O6PS.Na/c1-34-35(31)19-12-15(27-36(2,32)33)6-7-17(19)25-22(26-35)20-21(29)16-11-14(24)5-8-18(16)28(23(20)30)10-9-13-3-4-13;/h5-8,11-13,20,27H,3-4,9-10H2,1-2H3;/q-1;+1. The minimum Gasteiger partial charge on any atom is -0.438 e. The number of hydrogen-bond donors (Lipinski definition) is 1. The molecule has 0 aromatic heterocycles. The summed E-state index contributed by atoms with van der Waals surface area (Å²) < 4.78 is 62.6. The van der Waals surface area contributed by atoms with Gasteiger partial charge in [0.05, 0.1) is 11.9 Å². The Morgan fingerprint density at radius 3 is 2.59 bits per heavy atom. The van der Waals surface area contributed by atoms with Crippen molar-refractivity contribution < 1.29 is 61.0 Å². The Hall–Kier alpha value is -2.08. The van der Waals surface area contributed by atoms with Gasteiger partial charge in [0.25, 0.3) is 7.52 Å². The second kappa shape index (κ2) is 10.2. The predicted octanol–water partition coefficient (Wildman–Crippen LogP) is 0.729. The number of amidine groups is 1. The van der Waals surface area contributed by atoms with Gasteiger partial charge in [-0.3, -0.25) is 18.9 Å². The van der Waals surface area contributed by atoms with Crippen LogP contribution in [0, 0.1) is 17.7 Å². The van der Waals surface area contributed by atoms with Crippen LogP contribution in [0.15, 0.2) is 41.2 Å². The summed E-state index contributed by atoms with van der Waals surface area (Å²) in [5.74, 6) is -3.21. The van der Waals surface area contributed by atoms with Crippen LogP contribution in [0.5, 0.6) is 0 Å². The number of carbonyl (C=O) groups is 2. The number of anilines is 2. The number of nitrogens with one attached hydrogen (secondary N) is 1. The number of hydrogen-bond acceptors (Lipinski definition) is 6. The fraction of sp³-hybridized carbons (Fsp3) is 0.348. The van der Waals surface area contributed by atoms with Crippen molar-refractivity contribution in [3.05, 3.63) is 53.1 Å². The van der Waals surface area contributed by atoms with Crippen molar-refractivity contribution in [2.24, 2.45) is 16.6 Å². The Labute approximate surface area is 235 Å². The molecule has 0 spiro atoms. The largest absolute Gasteiger partial charge is 1.00 e. The zero-order chi connectivity index (χ0) is 25.8. The first-order chi connectivity index (χ1) is 17.0. The van der Waals surface area contributed by atoms with E-state index in [0.29, 0.717) is 18.2 Å². The maximum atomic E-state index is 14.1. The topological polar surface area (TPSA) is 136 Å². The van der Waals surface area contributed by atoms with Crippen LogP contribution in [0.3, 0.4) is 0 Å². The molecule has 2 aromatic rings. The number of nitrogens with zero attached hydrogens (tertiary/aromatic N) is 3. The van der Waals surface area contributed by atoms with E-state index < -0.39 is 41.0 Å². The Morgan fingerprint density at radius 2 is 1.95 bits per heavy atom. The SMILES string of the molecule is COP1(=O)N=C(C2C(=O)c3cc(F)ccc3N(CCC3CC3)C2=O)[N-]c2ccc(NS(C)(=O)=O)cc21.[Na+]. The third-order valence-electron chi connectivity index (χ3n) is 6.31. The molecule has 1 aliphatic carbocycles. The van der Waals surface area contributed by atoms with E-state index in [4.69, 9.17) is 4.52 Å². The van der Waals surface area contributed by atoms with Crippen LogP contribution in [0.25, 0.3) is 5.32 Å². The molecule has 1 N–H and O–H groups in total. The number of carbonyl (C=O) groups excluding carboxylic acids is 2. The van der Waals surface area contributed by atoms with Crippen LogP contribution in [0.2, 0.25) is 0 Å². The third-order valence-corrected chi connectivity index (χ3v) is 8.84. The van der Waals surface area contributed by atoms with Crippen LogP contribution < -0.4 is 44.5 Å². The summed E-state index contributed by atoms with van der Waals surface area (Å²) in [7, 11) is -6.48. The molecule has 2 aromatic carbocycles. The first-order valence-corrected chi connectivity index (χ1v) is 14.7. The summed E-state index contributed by atoms with van der Waals surface area (Å²) in [6.45, 7) is 0.345. The van der Waals surface area contributed by atoms with Gasteiger partial charge in [-0.1, -0.05) is 24.7 Å². The van der Waals surface area contributed by atoms with Gasteiger partial charge < -0.3 is 19.5 Å². The Bertz CT molecular complexity index is 1480. The summed E-state index contributed by atoms with van der Waals surface area (Å²) in [4.78, 5) is 28.5. The van der Waals surface area contributed by atoms with Gasteiger partial charge in [0, 0.05) is 30.2 Å². The van der Waals surface area contributed by atoms with Crippen molar-refractivity contribution in [2.45, 2.75) is 19.3 Å². The molecule has 190 valence electrons. The molecule has 14 heteroatoms. The molecule has 2 unspecified atom stereocenters. The number of rotatable bonds is 7. The number of halogens is 1. The second-order valence-electron chi connectivity index (χ2n) is 9.03. The number of benzene rings is 2. The Kier molecular flexibility index (Phi) is 7.73. The minimum atomic E-state index is -4.02. The van der Waals surface area contributed by atoms with Gasteiger partial charge in [-0.2, -0.15) is 0 Å². The predicted molar refractivity (Wildman–Crippen MR) is 134 cm³/mol. The normalized spacial score (nSPS) is 22.8. The molecule has 0 saturated heterocycles. The van der Waals surface area contributed by atoms with Crippen molar-refractivity contribution in [3.8, 4) is 0 Å².